The molecule has 146 valence electrons. The molecule has 0 unspecified atom stereocenters. The van der Waals surface area contributed by atoms with Crippen LogP contribution in [0.3, 0.4) is 0 Å². The van der Waals surface area contributed by atoms with E-state index in [4.69, 9.17) is 9.47 Å². The molecule has 1 heterocycles. The van der Waals surface area contributed by atoms with Crippen LogP contribution in [0.2, 0.25) is 0 Å². The summed E-state index contributed by atoms with van der Waals surface area (Å²) in [5.41, 5.74) is 1.13. The molecule has 0 fully saturated rings. The van der Waals surface area contributed by atoms with Crippen LogP contribution in [-0.4, -0.2) is 57.5 Å². The highest BCUT2D eigenvalue weighted by Gasteiger charge is 2.00. The third-order valence-electron chi connectivity index (χ3n) is 3.27. The van der Waals surface area contributed by atoms with Crippen molar-refractivity contribution in [3.8, 4) is 0 Å². The minimum absolute atomic E-state index is 0. The van der Waals surface area contributed by atoms with Crippen molar-refractivity contribution in [2.75, 3.05) is 46.6 Å². The Balaban J connectivity index is 0.00000576. The number of hydrogen-bond acceptors (Lipinski definition) is 5. The third kappa shape index (κ3) is 13.4. The quantitative estimate of drug-likeness (QED) is 0.195. The fourth-order valence-corrected chi connectivity index (χ4v) is 2.89. The molecule has 25 heavy (non-hydrogen) atoms. The molecule has 0 bridgehead atoms. The zero-order valence-electron chi connectivity index (χ0n) is 15.7. The molecule has 0 aliphatic carbocycles. The first kappa shape index (κ1) is 24.6. The number of methoxy groups -OCH3 is 1. The SMILES string of the molecule is CCNC(=NCCCOCCOC)NCCCCc1nc(C)cs1.I. The Morgan fingerprint density at radius 1 is 1.20 bits per heavy atom. The Kier molecular flexibility index (Phi) is 16.7. The summed E-state index contributed by atoms with van der Waals surface area (Å²) in [6, 6.07) is 0. The van der Waals surface area contributed by atoms with Gasteiger partial charge in [-0.15, -0.1) is 35.3 Å². The smallest absolute Gasteiger partial charge is 0.191 e. The van der Waals surface area contributed by atoms with E-state index in [1.165, 1.54) is 5.01 Å². The maximum Gasteiger partial charge on any atom is 0.191 e. The van der Waals surface area contributed by atoms with Crippen LogP contribution in [0.1, 0.15) is 36.9 Å². The number of aromatic nitrogens is 1. The highest BCUT2D eigenvalue weighted by atomic mass is 127. The number of hydrogen-bond donors (Lipinski definition) is 2. The predicted molar refractivity (Wildman–Crippen MR) is 116 cm³/mol. The molecule has 0 atom stereocenters. The van der Waals surface area contributed by atoms with Crippen molar-refractivity contribution in [3.63, 3.8) is 0 Å². The van der Waals surface area contributed by atoms with E-state index in [0.717, 1.165) is 63.6 Å². The lowest BCUT2D eigenvalue weighted by atomic mass is 10.2. The van der Waals surface area contributed by atoms with Gasteiger partial charge < -0.3 is 20.1 Å². The lowest BCUT2D eigenvalue weighted by molar-refractivity contribution is 0.0702. The predicted octanol–water partition coefficient (Wildman–Crippen LogP) is 3.00. The van der Waals surface area contributed by atoms with Gasteiger partial charge in [-0.1, -0.05) is 0 Å². The lowest BCUT2D eigenvalue weighted by Gasteiger charge is -2.11. The van der Waals surface area contributed by atoms with E-state index in [1.54, 1.807) is 18.4 Å². The zero-order valence-corrected chi connectivity index (χ0v) is 18.8. The second kappa shape index (κ2) is 17.0. The molecule has 0 aliphatic heterocycles. The number of nitrogens with zero attached hydrogens (tertiary/aromatic N) is 2. The summed E-state index contributed by atoms with van der Waals surface area (Å²) < 4.78 is 10.4. The maximum atomic E-state index is 5.43. The average molecular weight is 484 g/mol. The van der Waals surface area contributed by atoms with Crippen LogP contribution in [0.25, 0.3) is 0 Å². The van der Waals surface area contributed by atoms with Gasteiger partial charge in [-0.2, -0.15) is 0 Å². The van der Waals surface area contributed by atoms with Gasteiger partial charge in [-0.3, -0.25) is 4.99 Å². The Morgan fingerprint density at radius 3 is 2.72 bits per heavy atom. The van der Waals surface area contributed by atoms with Gasteiger partial charge in [0, 0.05) is 44.4 Å². The minimum Gasteiger partial charge on any atom is -0.382 e. The van der Waals surface area contributed by atoms with Crippen LogP contribution >= 0.6 is 35.3 Å². The number of unbranched alkanes of at least 4 members (excludes halogenated alkanes) is 1. The number of nitrogens with one attached hydrogen (secondary N) is 2. The first-order valence-corrected chi connectivity index (χ1v) is 9.64. The third-order valence-corrected chi connectivity index (χ3v) is 4.30. The van der Waals surface area contributed by atoms with Gasteiger partial charge in [0.2, 0.25) is 0 Å². The van der Waals surface area contributed by atoms with Gasteiger partial charge in [0.05, 0.1) is 18.2 Å². The topological polar surface area (TPSA) is 67.8 Å². The van der Waals surface area contributed by atoms with Crippen molar-refractivity contribution in [2.45, 2.75) is 39.5 Å². The molecule has 0 amide bonds. The van der Waals surface area contributed by atoms with E-state index in [1.807, 2.05) is 6.92 Å². The second-order valence-corrected chi connectivity index (χ2v) is 6.43. The number of halogens is 1. The molecule has 0 saturated carbocycles. The van der Waals surface area contributed by atoms with E-state index in [0.29, 0.717) is 13.2 Å². The molecule has 0 aliphatic rings. The van der Waals surface area contributed by atoms with Crippen LogP contribution in [-0.2, 0) is 15.9 Å². The van der Waals surface area contributed by atoms with Crippen molar-refractivity contribution in [1.82, 2.24) is 15.6 Å². The van der Waals surface area contributed by atoms with Gasteiger partial charge in [0.15, 0.2) is 5.96 Å². The van der Waals surface area contributed by atoms with Crippen LogP contribution < -0.4 is 10.6 Å². The molecule has 1 rings (SSSR count). The van der Waals surface area contributed by atoms with E-state index in [9.17, 15) is 0 Å². The summed E-state index contributed by atoms with van der Waals surface area (Å²) >= 11 is 1.76. The normalized spacial score (nSPS) is 11.2. The molecule has 0 aromatic carbocycles. The van der Waals surface area contributed by atoms with Crippen molar-refractivity contribution >= 4 is 41.3 Å². The minimum atomic E-state index is 0. The molecule has 2 N–H and O–H groups in total. The highest BCUT2D eigenvalue weighted by molar-refractivity contribution is 14.0. The van der Waals surface area contributed by atoms with Gasteiger partial charge in [-0.25, -0.2) is 4.98 Å². The van der Waals surface area contributed by atoms with Gasteiger partial charge in [-0.05, 0) is 39.5 Å². The highest BCUT2D eigenvalue weighted by Crippen LogP contribution is 2.11. The number of aryl methyl sites for hydroxylation is 2. The van der Waals surface area contributed by atoms with Crippen molar-refractivity contribution in [1.29, 1.82) is 0 Å². The van der Waals surface area contributed by atoms with Gasteiger partial charge in [0.25, 0.3) is 0 Å². The Morgan fingerprint density at radius 2 is 2.04 bits per heavy atom. The fourth-order valence-electron chi connectivity index (χ4n) is 2.07. The van der Waals surface area contributed by atoms with Crippen LogP contribution in [0, 0.1) is 6.92 Å². The number of thiazole rings is 1. The summed E-state index contributed by atoms with van der Waals surface area (Å²) in [6.07, 6.45) is 4.24. The summed E-state index contributed by atoms with van der Waals surface area (Å²) in [5.74, 6) is 0.888. The Labute approximate surface area is 173 Å². The Bertz CT molecular complexity index is 458. The molecular formula is C17H33IN4O2S. The first-order chi connectivity index (χ1) is 11.8. The second-order valence-electron chi connectivity index (χ2n) is 5.49. The molecule has 0 saturated heterocycles. The lowest BCUT2D eigenvalue weighted by Crippen LogP contribution is -2.37. The number of guanidine groups is 1. The van der Waals surface area contributed by atoms with Crippen molar-refractivity contribution in [3.05, 3.63) is 16.1 Å². The molecule has 0 spiro atoms. The monoisotopic (exact) mass is 484 g/mol. The summed E-state index contributed by atoms with van der Waals surface area (Å²) in [4.78, 5) is 9.06. The standard InChI is InChI=1S/C17H32N4O2S.HI/c1-4-18-17(20-10-7-11-23-13-12-22-3)19-9-6-5-8-16-21-15(2)14-24-16;/h14H,4-13H2,1-3H3,(H2,18,19,20);1H. The zero-order chi connectivity index (χ0) is 17.5. The molecule has 1 aromatic heterocycles. The van der Waals surface area contributed by atoms with Gasteiger partial charge >= 0.3 is 0 Å². The Hall–Kier alpha value is -0.450. The molecule has 8 heteroatoms. The van der Waals surface area contributed by atoms with Gasteiger partial charge in [0.1, 0.15) is 0 Å². The molecule has 0 radical (unpaired) electrons. The maximum absolute atomic E-state index is 5.43. The summed E-state index contributed by atoms with van der Waals surface area (Å²) in [7, 11) is 1.68. The first-order valence-electron chi connectivity index (χ1n) is 8.76. The molecule has 6 nitrogen and oxygen atoms in total. The summed E-state index contributed by atoms with van der Waals surface area (Å²) in [5, 5.41) is 10.0. The van der Waals surface area contributed by atoms with Crippen molar-refractivity contribution < 1.29 is 9.47 Å². The number of aliphatic imine (C=N–C) groups is 1. The van der Waals surface area contributed by atoms with Crippen LogP contribution in [0.5, 0.6) is 0 Å². The summed E-state index contributed by atoms with van der Waals surface area (Å²) in [6.45, 7) is 8.71. The molecular weight excluding hydrogens is 451 g/mol. The van der Waals surface area contributed by atoms with E-state index >= 15 is 0 Å². The number of rotatable bonds is 13. The van der Waals surface area contributed by atoms with E-state index < -0.39 is 0 Å². The average Bonchev–Trinajstić information content (AvgIpc) is 2.99. The largest absolute Gasteiger partial charge is 0.382 e. The van der Waals surface area contributed by atoms with Crippen LogP contribution in [0.4, 0.5) is 0 Å². The molecule has 1 aromatic rings. The fraction of sp³-hybridized carbons (Fsp3) is 0.765. The van der Waals surface area contributed by atoms with Crippen LogP contribution in [0.15, 0.2) is 10.4 Å². The van der Waals surface area contributed by atoms with Crippen molar-refractivity contribution in [2.24, 2.45) is 4.99 Å². The van der Waals surface area contributed by atoms with E-state index in [2.05, 4.69) is 32.9 Å². The van der Waals surface area contributed by atoms with E-state index in [-0.39, 0.29) is 24.0 Å². The number of ether oxygens (including phenoxy) is 2.